The second-order valence-electron chi connectivity index (χ2n) is 10.3. The summed E-state index contributed by atoms with van der Waals surface area (Å²) >= 11 is 0. The Balaban J connectivity index is 1.70. The number of benzene rings is 3. The summed E-state index contributed by atoms with van der Waals surface area (Å²) in [6.07, 6.45) is 2.30. The van der Waals surface area contributed by atoms with Crippen LogP contribution in [0.4, 0.5) is 5.69 Å². The maximum atomic E-state index is 13.6. The molecular weight excluding hydrogens is 472 g/mol. The van der Waals surface area contributed by atoms with Crippen LogP contribution in [-0.2, 0) is 0 Å². The van der Waals surface area contributed by atoms with Crippen molar-refractivity contribution in [2.45, 2.75) is 40.5 Å². The molecule has 2 aliphatic heterocycles. The first-order valence-electron chi connectivity index (χ1n) is 14.0. The fourth-order valence-corrected chi connectivity index (χ4v) is 5.63. The topological polar surface area (TPSA) is 83.2 Å². The van der Waals surface area contributed by atoms with Gasteiger partial charge in [-0.1, -0.05) is 18.2 Å². The van der Waals surface area contributed by atoms with Crippen molar-refractivity contribution >= 4 is 22.6 Å². The van der Waals surface area contributed by atoms with Gasteiger partial charge in [0.2, 0.25) is 0 Å². The van der Waals surface area contributed by atoms with E-state index in [9.17, 15) is 4.79 Å². The SMILES string of the molecule is CCN=c1cc2oc3cc(NCC)c(C)cc3c(-c3ccccc3C(=O)NCC3CC[NH2+]CC3)c-2cc1C. The van der Waals surface area contributed by atoms with Crippen molar-refractivity contribution in [3.8, 4) is 22.5 Å². The van der Waals surface area contributed by atoms with Crippen molar-refractivity contribution < 1.29 is 14.5 Å². The molecule has 0 unspecified atom stereocenters. The molecule has 2 aromatic rings. The monoisotopic (exact) mass is 511 g/mol. The summed E-state index contributed by atoms with van der Waals surface area (Å²) in [5.74, 6) is 1.29. The third-order valence-corrected chi connectivity index (χ3v) is 7.63. The Labute approximate surface area is 224 Å². The molecule has 38 heavy (non-hydrogen) atoms. The Kier molecular flexibility index (Phi) is 7.79. The lowest BCUT2D eigenvalue weighted by Gasteiger charge is -2.22. The molecule has 3 aliphatic rings. The zero-order valence-corrected chi connectivity index (χ0v) is 23.0. The van der Waals surface area contributed by atoms with Gasteiger partial charge in [-0.3, -0.25) is 9.79 Å². The quantitative estimate of drug-likeness (QED) is 0.309. The molecule has 6 nitrogen and oxygen atoms in total. The molecule has 0 radical (unpaired) electrons. The minimum absolute atomic E-state index is 0.0208. The molecule has 0 bridgehead atoms. The number of carbonyl (C=O) groups is 1. The fraction of sp³-hybridized carbons (Fsp3) is 0.375. The average Bonchev–Trinajstić information content (AvgIpc) is 2.93. The zero-order chi connectivity index (χ0) is 26.6. The largest absolute Gasteiger partial charge is 0.456 e. The molecule has 0 aromatic heterocycles. The Morgan fingerprint density at radius 1 is 1.03 bits per heavy atom. The van der Waals surface area contributed by atoms with Gasteiger partial charge < -0.3 is 20.4 Å². The van der Waals surface area contributed by atoms with E-state index in [-0.39, 0.29) is 5.91 Å². The molecule has 6 heteroatoms. The molecule has 2 aromatic carbocycles. The minimum Gasteiger partial charge on any atom is -0.456 e. The van der Waals surface area contributed by atoms with Gasteiger partial charge in [-0.15, -0.1) is 0 Å². The Bertz CT molecular complexity index is 1500. The van der Waals surface area contributed by atoms with E-state index in [1.54, 1.807) is 0 Å². The molecule has 1 fully saturated rings. The van der Waals surface area contributed by atoms with E-state index in [1.807, 2.05) is 31.2 Å². The highest BCUT2D eigenvalue weighted by Crippen LogP contribution is 2.42. The number of hydrogen-bond donors (Lipinski definition) is 3. The van der Waals surface area contributed by atoms with Gasteiger partial charge in [-0.05, 0) is 68.5 Å². The third kappa shape index (κ3) is 5.18. The van der Waals surface area contributed by atoms with E-state index in [2.05, 4.69) is 66.0 Å². The van der Waals surface area contributed by atoms with E-state index in [4.69, 9.17) is 4.42 Å². The van der Waals surface area contributed by atoms with E-state index < -0.39 is 0 Å². The van der Waals surface area contributed by atoms with Crippen LogP contribution in [-0.4, -0.2) is 38.6 Å². The number of fused-ring (bicyclic) bond motifs is 2. The number of quaternary nitrogens is 1. The molecule has 0 saturated carbocycles. The average molecular weight is 512 g/mol. The highest BCUT2D eigenvalue weighted by molar-refractivity contribution is 6.09. The number of anilines is 1. The van der Waals surface area contributed by atoms with Gasteiger partial charge in [0.25, 0.3) is 5.91 Å². The van der Waals surface area contributed by atoms with Crippen molar-refractivity contribution in [3.63, 3.8) is 0 Å². The van der Waals surface area contributed by atoms with Crippen LogP contribution in [0.5, 0.6) is 0 Å². The number of nitrogens with one attached hydrogen (secondary N) is 2. The number of amides is 1. The van der Waals surface area contributed by atoms with E-state index >= 15 is 0 Å². The molecule has 5 rings (SSSR count). The Hall–Kier alpha value is -3.64. The lowest BCUT2D eigenvalue weighted by atomic mass is 9.89. The molecule has 1 saturated heterocycles. The summed E-state index contributed by atoms with van der Waals surface area (Å²) in [5.41, 5.74) is 7.69. The predicted octanol–water partition coefficient (Wildman–Crippen LogP) is 4.88. The molecule has 2 heterocycles. The van der Waals surface area contributed by atoms with Crippen LogP contribution in [0.25, 0.3) is 33.4 Å². The van der Waals surface area contributed by atoms with E-state index in [1.165, 1.54) is 0 Å². The highest BCUT2D eigenvalue weighted by atomic mass is 16.3. The number of carbonyl (C=O) groups excluding carboxylic acids is 1. The van der Waals surface area contributed by atoms with Crippen LogP contribution >= 0.6 is 0 Å². The van der Waals surface area contributed by atoms with Crippen LogP contribution in [0.1, 0.15) is 48.2 Å². The second-order valence-corrected chi connectivity index (χ2v) is 10.3. The molecule has 198 valence electrons. The van der Waals surface area contributed by atoms with Gasteiger partial charge in [0.1, 0.15) is 11.3 Å². The third-order valence-electron chi connectivity index (χ3n) is 7.63. The highest BCUT2D eigenvalue weighted by Gasteiger charge is 2.23. The Morgan fingerprint density at radius 2 is 1.82 bits per heavy atom. The van der Waals surface area contributed by atoms with Crippen LogP contribution in [0.15, 0.2) is 57.9 Å². The lowest BCUT2D eigenvalue weighted by Crippen LogP contribution is -2.86. The fourth-order valence-electron chi connectivity index (χ4n) is 5.63. The number of piperidine rings is 1. The molecule has 1 aliphatic carbocycles. The second kappa shape index (κ2) is 11.4. The number of hydrogen-bond acceptors (Lipinski definition) is 4. The number of aryl methyl sites for hydroxylation is 2. The smallest absolute Gasteiger partial charge is 0.251 e. The van der Waals surface area contributed by atoms with Crippen molar-refractivity contribution in [2.75, 3.05) is 38.0 Å². The summed E-state index contributed by atoms with van der Waals surface area (Å²) in [6, 6.07) is 16.4. The first-order chi connectivity index (χ1) is 18.5. The van der Waals surface area contributed by atoms with Crippen LogP contribution in [0, 0.1) is 19.8 Å². The Morgan fingerprint density at radius 3 is 2.58 bits per heavy atom. The van der Waals surface area contributed by atoms with Crippen LogP contribution in [0.3, 0.4) is 0 Å². The van der Waals surface area contributed by atoms with Gasteiger partial charge in [-0.2, -0.15) is 0 Å². The lowest BCUT2D eigenvalue weighted by molar-refractivity contribution is -0.664. The first-order valence-corrected chi connectivity index (χ1v) is 14.0. The van der Waals surface area contributed by atoms with Gasteiger partial charge >= 0.3 is 0 Å². The van der Waals surface area contributed by atoms with E-state index in [0.717, 1.165) is 94.6 Å². The molecule has 0 spiro atoms. The van der Waals surface area contributed by atoms with Crippen molar-refractivity contribution in [2.24, 2.45) is 10.9 Å². The molecule has 1 amide bonds. The number of nitrogens with two attached hydrogens (primary N) is 1. The first kappa shape index (κ1) is 26.0. The maximum Gasteiger partial charge on any atom is 0.251 e. The van der Waals surface area contributed by atoms with Crippen molar-refractivity contribution in [1.29, 1.82) is 0 Å². The summed E-state index contributed by atoms with van der Waals surface area (Å²) in [5, 5.41) is 11.0. The van der Waals surface area contributed by atoms with Gasteiger partial charge in [0, 0.05) is 72.4 Å². The summed E-state index contributed by atoms with van der Waals surface area (Å²) in [6.45, 7) is 12.9. The maximum absolute atomic E-state index is 13.6. The molecular formula is C32H39N4O2+. The number of rotatable bonds is 7. The van der Waals surface area contributed by atoms with Crippen LogP contribution < -0.4 is 21.3 Å². The van der Waals surface area contributed by atoms with Gasteiger partial charge in [0.05, 0.1) is 18.4 Å². The molecule has 4 N–H and O–H groups in total. The molecule has 0 atom stereocenters. The number of nitrogens with zero attached hydrogens (tertiary/aromatic N) is 1. The normalized spacial score (nSPS) is 14.8. The summed E-state index contributed by atoms with van der Waals surface area (Å²) in [7, 11) is 0. The van der Waals surface area contributed by atoms with Crippen molar-refractivity contribution in [1.82, 2.24) is 5.32 Å². The summed E-state index contributed by atoms with van der Waals surface area (Å²) < 4.78 is 6.52. The van der Waals surface area contributed by atoms with Gasteiger partial charge in [0.15, 0.2) is 0 Å². The predicted molar refractivity (Wildman–Crippen MR) is 155 cm³/mol. The van der Waals surface area contributed by atoms with Gasteiger partial charge in [-0.25, -0.2) is 0 Å². The minimum atomic E-state index is -0.0208. The van der Waals surface area contributed by atoms with Crippen molar-refractivity contribution in [3.05, 3.63) is 70.6 Å². The van der Waals surface area contributed by atoms with E-state index in [0.29, 0.717) is 18.0 Å². The summed E-state index contributed by atoms with van der Waals surface area (Å²) in [4.78, 5) is 18.3. The zero-order valence-electron chi connectivity index (χ0n) is 23.0. The standard InChI is InChI=1S/C32H38N4O2/c1-5-34-27-17-29-25(15-20(27)3)31(26-16-21(4)28(35-6-2)18-30(26)38-29)23-9-7-8-10-24(23)32(37)36-19-22-11-13-33-14-12-22/h7-10,15-18,22,33-34H,5-6,11-14,19H2,1-4H3,(H,36,37)/p+1. The van der Waals surface area contributed by atoms with Crippen LogP contribution in [0.2, 0.25) is 0 Å².